The minimum Gasteiger partial charge on any atom is -0.465 e. The molecule has 0 bridgehead atoms. The SMILES string of the molecule is CCCCOC(=O)C(C)NP(=O)(Oc1ccccc1)Oc1c(F)c(F)c(F)c(F)c1F. The number of carbonyl (C=O) groups excluding carboxylic acids is 1. The van der Waals surface area contributed by atoms with E-state index in [9.17, 15) is 31.3 Å². The van der Waals surface area contributed by atoms with Gasteiger partial charge in [0, 0.05) is 0 Å². The molecule has 6 nitrogen and oxygen atoms in total. The zero-order chi connectivity index (χ0) is 23.2. The third-order valence-electron chi connectivity index (χ3n) is 3.80. The molecule has 0 fully saturated rings. The van der Waals surface area contributed by atoms with Crippen LogP contribution in [0.4, 0.5) is 22.0 Å². The summed E-state index contributed by atoms with van der Waals surface area (Å²) in [5.41, 5.74) is 0. The van der Waals surface area contributed by atoms with E-state index in [1.165, 1.54) is 31.2 Å². The van der Waals surface area contributed by atoms with Gasteiger partial charge in [-0.15, -0.1) is 0 Å². The van der Waals surface area contributed by atoms with Gasteiger partial charge in [-0.2, -0.15) is 13.9 Å². The quantitative estimate of drug-likeness (QED) is 0.128. The largest absolute Gasteiger partial charge is 0.513 e. The van der Waals surface area contributed by atoms with Crippen LogP contribution in [0.5, 0.6) is 11.5 Å². The van der Waals surface area contributed by atoms with Crippen LogP contribution < -0.4 is 14.1 Å². The van der Waals surface area contributed by atoms with Gasteiger partial charge in [0.2, 0.25) is 34.8 Å². The second-order valence-electron chi connectivity index (χ2n) is 6.26. The number of ether oxygens (including phenoxy) is 1. The van der Waals surface area contributed by atoms with Crippen LogP contribution in [0.15, 0.2) is 30.3 Å². The molecule has 2 rings (SSSR count). The van der Waals surface area contributed by atoms with Gasteiger partial charge in [0.05, 0.1) is 6.61 Å². The Morgan fingerprint density at radius 1 is 0.968 bits per heavy atom. The Labute approximate surface area is 174 Å². The summed E-state index contributed by atoms with van der Waals surface area (Å²) >= 11 is 0. The third-order valence-corrected chi connectivity index (χ3v) is 5.37. The lowest BCUT2D eigenvalue weighted by atomic mass is 10.3. The highest BCUT2D eigenvalue weighted by Crippen LogP contribution is 2.47. The van der Waals surface area contributed by atoms with E-state index in [0.717, 1.165) is 6.42 Å². The molecule has 0 aliphatic heterocycles. The molecule has 1 N–H and O–H groups in total. The molecule has 0 saturated carbocycles. The van der Waals surface area contributed by atoms with Crippen LogP contribution in [0.3, 0.4) is 0 Å². The fraction of sp³-hybridized carbons (Fsp3) is 0.316. The maximum atomic E-state index is 14.0. The topological polar surface area (TPSA) is 73.9 Å². The highest BCUT2D eigenvalue weighted by Gasteiger charge is 2.38. The number of carbonyl (C=O) groups is 1. The van der Waals surface area contributed by atoms with Crippen molar-refractivity contribution < 1.29 is 45.1 Å². The first-order valence-electron chi connectivity index (χ1n) is 9.09. The smallest absolute Gasteiger partial charge is 0.465 e. The highest BCUT2D eigenvalue weighted by molar-refractivity contribution is 7.52. The third kappa shape index (κ3) is 6.18. The van der Waals surface area contributed by atoms with E-state index < -0.39 is 54.6 Å². The monoisotopic (exact) mass is 467 g/mol. The summed E-state index contributed by atoms with van der Waals surface area (Å²) in [6.45, 7) is 3.11. The zero-order valence-corrected chi connectivity index (χ0v) is 17.4. The van der Waals surface area contributed by atoms with Gasteiger partial charge in [-0.3, -0.25) is 4.79 Å². The Morgan fingerprint density at radius 3 is 2.06 bits per heavy atom. The molecule has 2 aromatic carbocycles. The number of halogens is 5. The molecule has 2 unspecified atom stereocenters. The van der Waals surface area contributed by atoms with Crippen molar-refractivity contribution >= 4 is 13.7 Å². The maximum Gasteiger partial charge on any atom is 0.513 e. The van der Waals surface area contributed by atoms with Crippen molar-refractivity contribution in [3.05, 3.63) is 59.4 Å². The average molecular weight is 467 g/mol. The maximum absolute atomic E-state index is 14.0. The predicted octanol–water partition coefficient (Wildman–Crippen LogP) is 5.27. The summed E-state index contributed by atoms with van der Waals surface area (Å²) in [6.07, 6.45) is 1.28. The lowest BCUT2D eigenvalue weighted by molar-refractivity contribution is -0.145. The Balaban J connectivity index is 2.37. The standard InChI is InChI=1S/C19H19F5NO5P/c1-3-4-10-28-19(26)11(2)25-31(27,29-12-8-6-5-7-9-12)30-18-16(23)14(21)13(20)15(22)17(18)24/h5-9,11H,3-4,10H2,1-2H3,(H,25,27). The summed E-state index contributed by atoms with van der Waals surface area (Å²) < 4.78 is 96.2. The van der Waals surface area contributed by atoms with E-state index in [-0.39, 0.29) is 12.4 Å². The van der Waals surface area contributed by atoms with Crippen LogP contribution in [0.25, 0.3) is 0 Å². The number of esters is 1. The van der Waals surface area contributed by atoms with Gasteiger partial charge in [-0.05, 0) is 25.5 Å². The van der Waals surface area contributed by atoms with Crippen molar-refractivity contribution in [3.63, 3.8) is 0 Å². The second kappa shape index (κ2) is 10.6. The van der Waals surface area contributed by atoms with Crippen molar-refractivity contribution in [2.75, 3.05) is 6.61 Å². The number of hydrogen-bond acceptors (Lipinski definition) is 5. The molecular weight excluding hydrogens is 448 g/mol. The molecule has 0 aliphatic rings. The molecule has 0 amide bonds. The van der Waals surface area contributed by atoms with Crippen LogP contribution in [-0.2, 0) is 14.1 Å². The fourth-order valence-corrected chi connectivity index (χ4v) is 3.73. The highest BCUT2D eigenvalue weighted by atomic mass is 31.2. The zero-order valence-electron chi connectivity index (χ0n) is 16.5. The molecule has 12 heteroatoms. The Morgan fingerprint density at radius 2 is 1.52 bits per heavy atom. The van der Waals surface area contributed by atoms with E-state index in [1.54, 1.807) is 6.07 Å². The van der Waals surface area contributed by atoms with E-state index in [0.29, 0.717) is 6.42 Å². The molecule has 0 aromatic heterocycles. The molecule has 0 spiro atoms. The minimum atomic E-state index is -4.91. The van der Waals surface area contributed by atoms with Crippen LogP contribution >= 0.6 is 7.75 Å². The first-order chi connectivity index (χ1) is 14.6. The summed E-state index contributed by atoms with van der Waals surface area (Å²) in [6, 6.07) is 5.69. The molecule has 2 atom stereocenters. The van der Waals surface area contributed by atoms with Crippen molar-refractivity contribution in [2.45, 2.75) is 32.7 Å². The molecule has 0 saturated heterocycles. The van der Waals surface area contributed by atoms with Crippen molar-refractivity contribution in [1.29, 1.82) is 0 Å². The number of hydrogen-bond donors (Lipinski definition) is 1. The van der Waals surface area contributed by atoms with Gasteiger partial charge in [0.1, 0.15) is 11.8 Å². The van der Waals surface area contributed by atoms with Crippen LogP contribution in [0.1, 0.15) is 26.7 Å². The molecule has 0 aliphatic carbocycles. The predicted molar refractivity (Wildman–Crippen MR) is 100 cm³/mol. The molecule has 0 heterocycles. The van der Waals surface area contributed by atoms with E-state index in [2.05, 4.69) is 9.61 Å². The van der Waals surface area contributed by atoms with E-state index in [4.69, 9.17) is 9.26 Å². The summed E-state index contributed by atoms with van der Waals surface area (Å²) in [4.78, 5) is 12.1. The number of nitrogens with one attached hydrogen (secondary N) is 1. The normalized spacial score (nSPS) is 13.9. The van der Waals surface area contributed by atoms with Gasteiger partial charge in [0.15, 0.2) is 0 Å². The second-order valence-corrected chi connectivity index (χ2v) is 7.88. The Hall–Kier alpha value is -2.65. The minimum absolute atomic E-state index is 0.0592. The molecule has 31 heavy (non-hydrogen) atoms. The first-order valence-corrected chi connectivity index (χ1v) is 10.6. The van der Waals surface area contributed by atoms with Gasteiger partial charge >= 0.3 is 13.7 Å². The summed E-state index contributed by atoms with van der Waals surface area (Å²) in [5, 5.41) is 2.09. The number of benzene rings is 2. The van der Waals surface area contributed by atoms with Gasteiger partial charge in [0.25, 0.3) is 0 Å². The lowest BCUT2D eigenvalue weighted by Gasteiger charge is -2.23. The van der Waals surface area contributed by atoms with Crippen molar-refractivity contribution in [1.82, 2.24) is 5.09 Å². The molecule has 0 radical (unpaired) electrons. The Kier molecular flexibility index (Phi) is 8.41. The summed E-state index contributed by atoms with van der Waals surface area (Å²) in [5.74, 6) is -14.6. The summed E-state index contributed by atoms with van der Waals surface area (Å²) in [7, 11) is -4.91. The number of para-hydroxylation sites is 1. The lowest BCUT2D eigenvalue weighted by Crippen LogP contribution is -2.36. The molecule has 170 valence electrons. The van der Waals surface area contributed by atoms with Crippen molar-refractivity contribution in [3.8, 4) is 11.5 Å². The molecular formula is C19H19F5NO5P. The molecule has 2 aromatic rings. The Bertz CT molecular complexity index is 947. The number of unbranched alkanes of at least 4 members (excludes halogenated alkanes) is 1. The van der Waals surface area contributed by atoms with Crippen LogP contribution in [-0.4, -0.2) is 18.6 Å². The fourth-order valence-electron chi connectivity index (χ4n) is 2.21. The van der Waals surface area contributed by atoms with E-state index >= 15 is 0 Å². The van der Waals surface area contributed by atoms with Gasteiger partial charge in [-0.25, -0.2) is 17.7 Å². The van der Waals surface area contributed by atoms with Crippen LogP contribution in [0.2, 0.25) is 0 Å². The first kappa shape index (κ1) is 24.6. The van der Waals surface area contributed by atoms with Gasteiger partial charge < -0.3 is 13.8 Å². The number of rotatable bonds is 10. The van der Waals surface area contributed by atoms with E-state index in [1.807, 2.05) is 6.92 Å². The van der Waals surface area contributed by atoms with Crippen molar-refractivity contribution in [2.24, 2.45) is 0 Å². The van der Waals surface area contributed by atoms with Gasteiger partial charge in [-0.1, -0.05) is 31.5 Å². The average Bonchev–Trinajstić information content (AvgIpc) is 2.74. The van der Waals surface area contributed by atoms with Crippen LogP contribution in [0, 0.1) is 29.1 Å².